The Hall–Kier alpha value is -0.900. The largest absolute Gasteiger partial charge is 0.293 e. The Morgan fingerprint density at radius 3 is 2.67 bits per heavy atom. The minimum Gasteiger partial charge on any atom is -0.293 e. The van der Waals surface area contributed by atoms with Gasteiger partial charge in [-0.2, -0.15) is 11.8 Å². The minimum absolute atomic E-state index is 0.160. The lowest BCUT2D eigenvalue weighted by Gasteiger charge is -2.01. The fourth-order valence-electron chi connectivity index (χ4n) is 1.06. The zero-order valence-electron chi connectivity index (χ0n) is 8.43. The molecule has 0 aliphatic rings. The Morgan fingerprint density at radius 1 is 1.33 bits per heavy atom. The lowest BCUT2D eigenvalue weighted by molar-refractivity contribution is 0.102. The van der Waals surface area contributed by atoms with Crippen molar-refractivity contribution in [2.24, 2.45) is 0 Å². The molecule has 1 rings (SSSR count). The molecule has 0 heterocycles. The first kappa shape index (κ1) is 12.2. The van der Waals surface area contributed by atoms with Gasteiger partial charge in [0.25, 0.3) is 0 Å². The van der Waals surface area contributed by atoms with Gasteiger partial charge < -0.3 is 0 Å². The number of hydrogen-bond donors (Lipinski definition) is 0. The van der Waals surface area contributed by atoms with Crippen molar-refractivity contribution in [2.75, 3.05) is 11.5 Å². The molecule has 0 spiro atoms. The smallest absolute Gasteiger partial charge is 0.172 e. The monoisotopic (exact) mass is 230 g/mol. The summed E-state index contributed by atoms with van der Waals surface area (Å²) in [5, 5.41) is 0. The minimum atomic E-state index is -0.971. The first-order valence-electron chi connectivity index (χ1n) is 4.71. The molecule has 0 amide bonds. The van der Waals surface area contributed by atoms with Crippen molar-refractivity contribution in [1.82, 2.24) is 0 Å². The summed E-state index contributed by atoms with van der Waals surface area (Å²) in [6.45, 7) is 2.02. The highest BCUT2D eigenvalue weighted by Crippen LogP contribution is 2.12. The molecule has 82 valence electrons. The summed E-state index contributed by atoms with van der Waals surface area (Å²) in [7, 11) is 0. The highest BCUT2D eigenvalue weighted by Gasteiger charge is 2.09. The van der Waals surface area contributed by atoms with Crippen LogP contribution in [0.15, 0.2) is 18.2 Å². The van der Waals surface area contributed by atoms with E-state index in [1.165, 1.54) is 17.8 Å². The summed E-state index contributed by atoms with van der Waals surface area (Å²) >= 11 is 1.50. The second kappa shape index (κ2) is 5.85. The fourth-order valence-corrected chi connectivity index (χ4v) is 1.85. The highest BCUT2D eigenvalue weighted by atomic mass is 32.2. The maximum absolute atomic E-state index is 12.8. The van der Waals surface area contributed by atoms with Crippen LogP contribution in [0.2, 0.25) is 0 Å². The third kappa shape index (κ3) is 3.63. The number of Topliss-reactive ketones (excluding diaryl/α,β-unsaturated/α-hetero) is 1. The summed E-state index contributed by atoms with van der Waals surface area (Å²) < 4.78 is 25.4. The number of halogens is 2. The van der Waals surface area contributed by atoms with E-state index in [1.807, 2.05) is 6.92 Å². The Balaban J connectivity index is 2.62. The number of thioether (sulfide) groups is 1. The van der Waals surface area contributed by atoms with Gasteiger partial charge in [0.1, 0.15) is 0 Å². The van der Waals surface area contributed by atoms with Crippen molar-refractivity contribution in [1.29, 1.82) is 0 Å². The molecule has 15 heavy (non-hydrogen) atoms. The zero-order valence-corrected chi connectivity index (χ0v) is 9.24. The second-order valence-corrected chi connectivity index (χ2v) is 4.21. The Bertz CT molecular complexity index is 352. The maximum Gasteiger partial charge on any atom is 0.172 e. The van der Waals surface area contributed by atoms with E-state index >= 15 is 0 Å². The zero-order chi connectivity index (χ0) is 11.3. The van der Waals surface area contributed by atoms with Gasteiger partial charge in [-0.3, -0.25) is 4.79 Å². The summed E-state index contributed by atoms with van der Waals surface area (Å²) in [5.74, 6) is -0.838. The molecule has 0 unspecified atom stereocenters. The number of benzene rings is 1. The van der Waals surface area contributed by atoms with E-state index in [4.69, 9.17) is 0 Å². The Morgan fingerprint density at radius 2 is 2.07 bits per heavy atom. The molecular weight excluding hydrogens is 218 g/mol. The van der Waals surface area contributed by atoms with Crippen molar-refractivity contribution in [3.8, 4) is 0 Å². The Labute approximate surface area is 91.9 Å². The summed E-state index contributed by atoms with van der Waals surface area (Å²) in [6.07, 6.45) is 0.996. The van der Waals surface area contributed by atoms with E-state index in [1.54, 1.807) is 0 Å². The topological polar surface area (TPSA) is 17.1 Å². The molecule has 1 aromatic rings. The SMILES string of the molecule is CCCSCC(=O)c1ccc(F)c(F)c1. The van der Waals surface area contributed by atoms with Crippen molar-refractivity contribution in [2.45, 2.75) is 13.3 Å². The van der Waals surface area contributed by atoms with Crippen molar-refractivity contribution < 1.29 is 13.6 Å². The molecule has 0 radical (unpaired) electrons. The van der Waals surface area contributed by atoms with Gasteiger partial charge in [-0.15, -0.1) is 0 Å². The summed E-state index contributed by atoms with van der Waals surface area (Å²) in [5.41, 5.74) is 0.234. The number of carbonyl (C=O) groups excluding carboxylic acids is 1. The van der Waals surface area contributed by atoms with Gasteiger partial charge in [-0.25, -0.2) is 8.78 Å². The van der Waals surface area contributed by atoms with Crippen molar-refractivity contribution in [3.05, 3.63) is 35.4 Å². The average molecular weight is 230 g/mol. The van der Waals surface area contributed by atoms with E-state index < -0.39 is 11.6 Å². The molecule has 1 aromatic carbocycles. The molecular formula is C11H12F2OS. The quantitative estimate of drug-likeness (QED) is 0.570. The first-order chi connectivity index (χ1) is 7.15. The van der Waals surface area contributed by atoms with Crippen molar-refractivity contribution >= 4 is 17.5 Å². The van der Waals surface area contributed by atoms with Crippen LogP contribution in [0.5, 0.6) is 0 Å². The van der Waals surface area contributed by atoms with Gasteiger partial charge in [0.05, 0.1) is 5.75 Å². The third-order valence-corrected chi connectivity index (χ3v) is 2.99. The van der Waals surface area contributed by atoms with Crippen LogP contribution in [0.3, 0.4) is 0 Å². The number of hydrogen-bond acceptors (Lipinski definition) is 2. The van der Waals surface area contributed by atoms with Gasteiger partial charge in [-0.1, -0.05) is 6.92 Å². The lowest BCUT2D eigenvalue weighted by Crippen LogP contribution is -2.04. The van der Waals surface area contributed by atoms with E-state index in [2.05, 4.69) is 0 Å². The van der Waals surface area contributed by atoms with Crippen LogP contribution in [0.4, 0.5) is 8.78 Å². The average Bonchev–Trinajstić information content (AvgIpc) is 2.22. The normalized spacial score (nSPS) is 10.3. The van der Waals surface area contributed by atoms with Crippen LogP contribution in [0.25, 0.3) is 0 Å². The van der Waals surface area contributed by atoms with E-state index in [0.29, 0.717) is 5.75 Å². The lowest BCUT2D eigenvalue weighted by atomic mass is 10.1. The Kier molecular flexibility index (Phi) is 4.75. The number of rotatable bonds is 5. The molecule has 0 aliphatic heterocycles. The molecule has 0 N–H and O–H groups in total. The summed E-state index contributed by atoms with van der Waals surface area (Å²) in [4.78, 5) is 11.5. The van der Waals surface area contributed by atoms with Gasteiger partial charge in [0.15, 0.2) is 17.4 Å². The van der Waals surface area contributed by atoms with Gasteiger partial charge in [0.2, 0.25) is 0 Å². The number of ketones is 1. The molecule has 0 fully saturated rings. The van der Waals surface area contributed by atoms with Crippen LogP contribution >= 0.6 is 11.8 Å². The second-order valence-electron chi connectivity index (χ2n) is 3.10. The van der Waals surface area contributed by atoms with Crippen LogP contribution in [0.1, 0.15) is 23.7 Å². The molecule has 0 aromatic heterocycles. The first-order valence-corrected chi connectivity index (χ1v) is 5.86. The van der Waals surface area contributed by atoms with Gasteiger partial charge in [0, 0.05) is 5.56 Å². The standard InChI is InChI=1S/C11H12F2OS/c1-2-5-15-7-11(14)8-3-4-9(12)10(13)6-8/h3-4,6H,2,5,7H2,1H3. The van der Waals surface area contributed by atoms with Crippen molar-refractivity contribution in [3.63, 3.8) is 0 Å². The molecule has 0 bridgehead atoms. The van der Waals surface area contributed by atoms with Crippen LogP contribution in [0, 0.1) is 11.6 Å². The van der Waals surface area contributed by atoms with Crippen LogP contribution in [-0.4, -0.2) is 17.3 Å². The van der Waals surface area contributed by atoms with Crippen LogP contribution in [-0.2, 0) is 0 Å². The predicted octanol–water partition coefficient (Wildman–Crippen LogP) is 3.29. The molecule has 0 aliphatic carbocycles. The van der Waals surface area contributed by atoms with Gasteiger partial charge in [-0.05, 0) is 30.4 Å². The van der Waals surface area contributed by atoms with Gasteiger partial charge >= 0.3 is 0 Å². The molecule has 1 nitrogen and oxygen atoms in total. The maximum atomic E-state index is 12.8. The molecule has 4 heteroatoms. The molecule has 0 saturated heterocycles. The van der Waals surface area contributed by atoms with Crippen LogP contribution < -0.4 is 0 Å². The van der Waals surface area contributed by atoms with E-state index in [-0.39, 0.29) is 11.3 Å². The molecule has 0 atom stereocenters. The number of carbonyl (C=O) groups is 1. The molecule has 0 saturated carbocycles. The van der Waals surface area contributed by atoms with E-state index in [0.717, 1.165) is 24.3 Å². The summed E-state index contributed by atoms with van der Waals surface area (Å²) in [6, 6.07) is 3.24. The van der Waals surface area contributed by atoms with E-state index in [9.17, 15) is 13.6 Å². The predicted molar refractivity (Wildman–Crippen MR) is 58.3 cm³/mol. The fraction of sp³-hybridized carbons (Fsp3) is 0.364. The highest BCUT2D eigenvalue weighted by molar-refractivity contribution is 7.99. The third-order valence-electron chi connectivity index (χ3n) is 1.82.